The molecular weight excluding hydrogens is 388 g/mol. The highest BCUT2D eigenvalue weighted by Gasteiger charge is 2.28. The Labute approximate surface area is 172 Å². The minimum absolute atomic E-state index is 0.0620. The van der Waals surface area contributed by atoms with E-state index in [-0.39, 0.29) is 5.09 Å². The molecule has 0 saturated carbocycles. The van der Waals surface area contributed by atoms with Crippen LogP contribution in [0.2, 0.25) is 0 Å². The first-order valence-electron chi connectivity index (χ1n) is 10.1. The topological polar surface area (TPSA) is 91.9 Å². The van der Waals surface area contributed by atoms with Crippen LogP contribution in [-0.2, 0) is 39.7 Å². The number of amides is 2. The van der Waals surface area contributed by atoms with Crippen LogP contribution in [0.3, 0.4) is 0 Å². The second kappa shape index (κ2) is 7.29. The van der Waals surface area contributed by atoms with E-state index in [0.717, 1.165) is 37.8 Å². The third-order valence-corrected chi connectivity index (χ3v) is 6.90. The van der Waals surface area contributed by atoms with Crippen LogP contribution in [0, 0.1) is 6.92 Å². The number of carbonyl (C=O) groups is 1. The van der Waals surface area contributed by atoms with Gasteiger partial charge in [-0.05, 0) is 87.1 Å². The molecule has 2 aliphatic rings. The number of hydrogen-bond donors (Lipinski definition) is 2. The minimum atomic E-state index is -1.98. The van der Waals surface area contributed by atoms with Crippen LogP contribution >= 0.6 is 0 Å². The smallest absolute Gasteiger partial charge is 0.322 e. The van der Waals surface area contributed by atoms with E-state index in [1.54, 1.807) is 20.8 Å². The lowest BCUT2D eigenvalue weighted by Crippen LogP contribution is -2.15. The molecule has 0 saturated heterocycles. The molecule has 1 aromatic carbocycles. The predicted octanol–water partition coefficient (Wildman–Crippen LogP) is 5.09. The van der Waals surface area contributed by atoms with Gasteiger partial charge in [0.25, 0.3) is 0 Å². The van der Waals surface area contributed by atoms with Crippen LogP contribution in [0.1, 0.15) is 73.1 Å². The first-order valence-corrected chi connectivity index (χ1v) is 11.2. The highest BCUT2D eigenvalue weighted by atomic mass is 32.2. The molecular formula is C22H27N2O4S-. The molecule has 1 atom stereocenters. The third kappa shape index (κ3) is 3.73. The van der Waals surface area contributed by atoms with Gasteiger partial charge in [0.2, 0.25) is 0 Å². The lowest BCUT2D eigenvalue weighted by molar-refractivity contribution is 0.0769. The fourth-order valence-corrected chi connectivity index (χ4v) is 5.29. The molecule has 2 amide bonds. The van der Waals surface area contributed by atoms with Crippen molar-refractivity contribution in [3.63, 3.8) is 0 Å². The van der Waals surface area contributed by atoms with Crippen molar-refractivity contribution in [3.8, 4) is 0 Å². The SMILES string of the molecule is Cc1oc(/[S-](=O)=N/C(=O)Nc2c3c(cc4c2CC[C@H]4C)CCC3)cc1C(C)(C)O. The van der Waals surface area contributed by atoms with Gasteiger partial charge in [-0.2, -0.15) is 0 Å². The number of furan rings is 1. The summed E-state index contributed by atoms with van der Waals surface area (Å²) in [5, 5.41) is 13.2. The van der Waals surface area contributed by atoms with Crippen LogP contribution in [0.4, 0.5) is 10.5 Å². The number of carbonyl (C=O) groups excluding carboxylic acids is 1. The Hall–Kier alpha value is -2.12. The van der Waals surface area contributed by atoms with Crippen molar-refractivity contribution in [2.45, 2.75) is 76.4 Å². The van der Waals surface area contributed by atoms with Gasteiger partial charge in [-0.25, -0.2) is 4.79 Å². The van der Waals surface area contributed by atoms with E-state index in [0.29, 0.717) is 17.2 Å². The molecule has 0 aliphatic heterocycles. The van der Waals surface area contributed by atoms with E-state index in [9.17, 15) is 14.1 Å². The number of nitrogens with zero attached hydrogens (tertiary/aromatic N) is 1. The molecule has 0 bridgehead atoms. The van der Waals surface area contributed by atoms with Crippen LogP contribution in [-0.4, -0.2) is 11.1 Å². The maximum absolute atomic E-state index is 12.6. The fourth-order valence-electron chi connectivity index (χ4n) is 4.59. The summed E-state index contributed by atoms with van der Waals surface area (Å²) >= 11 is 0. The number of fused-ring (bicyclic) bond motifs is 2. The van der Waals surface area contributed by atoms with E-state index in [1.165, 1.54) is 28.3 Å². The van der Waals surface area contributed by atoms with E-state index in [1.807, 2.05) is 0 Å². The molecule has 2 aliphatic carbocycles. The normalized spacial score (nSPS) is 19.3. The van der Waals surface area contributed by atoms with Gasteiger partial charge >= 0.3 is 6.03 Å². The molecule has 0 radical (unpaired) electrons. The number of benzene rings is 1. The largest absolute Gasteiger partial charge is 0.485 e. The molecule has 4 rings (SSSR count). The molecule has 2 N–H and O–H groups in total. The average Bonchev–Trinajstić information content (AvgIpc) is 3.33. The van der Waals surface area contributed by atoms with Crippen molar-refractivity contribution in [2.24, 2.45) is 4.36 Å². The highest BCUT2D eigenvalue weighted by molar-refractivity contribution is 7.75. The average molecular weight is 416 g/mol. The molecule has 1 aromatic heterocycles. The number of nitrogens with one attached hydrogen (secondary N) is 1. The van der Waals surface area contributed by atoms with Gasteiger partial charge in [0.05, 0.1) is 10.7 Å². The standard InChI is InChI=1S/C22H27N2O4S/c1-12-8-9-16-17(12)10-14-6-5-7-15(14)20(16)23-21(25)24-29(27)19-11-18(13(2)28-19)22(3,4)26/h10-12,26H,5-9H2,1-4H3,(H,23,25)/q-1/t12-/m1/s1. The van der Waals surface area contributed by atoms with E-state index in [2.05, 4.69) is 22.7 Å². The van der Waals surface area contributed by atoms with Crippen LogP contribution in [0.25, 0.3) is 0 Å². The first-order chi connectivity index (χ1) is 13.6. The lowest BCUT2D eigenvalue weighted by atomic mass is 9.96. The Morgan fingerprint density at radius 3 is 2.72 bits per heavy atom. The maximum atomic E-state index is 12.6. The number of urea groups is 1. The summed E-state index contributed by atoms with van der Waals surface area (Å²) in [7, 11) is -1.98. The quantitative estimate of drug-likeness (QED) is 0.683. The molecule has 2 aromatic rings. The van der Waals surface area contributed by atoms with Gasteiger partial charge in [-0.3, -0.25) is 0 Å². The van der Waals surface area contributed by atoms with Gasteiger partial charge in [-0.1, -0.05) is 13.0 Å². The van der Waals surface area contributed by atoms with E-state index in [4.69, 9.17) is 4.42 Å². The summed E-state index contributed by atoms with van der Waals surface area (Å²) in [6.07, 6.45) is 5.09. The van der Waals surface area contributed by atoms with Crippen LogP contribution in [0.5, 0.6) is 0 Å². The van der Waals surface area contributed by atoms with Crippen molar-refractivity contribution >= 4 is 22.3 Å². The molecule has 0 unspecified atom stereocenters. The Bertz CT molecular complexity index is 1070. The Balaban J connectivity index is 1.63. The summed E-state index contributed by atoms with van der Waals surface area (Å²) in [6, 6.07) is 3.18. The van der Waals surface area contributed by atoms with Gasteiger partial charge in [0.15, 0.2) is 0 Å². The summed E-state index contributed by atoms with van der Waals surface area (Å²) in [6.45, 7) is 7.15. The zero-order valence-corrected chi connectivity index (χ0v) is 18.1. The van der Waals surface area contributed by atoms with E-state index < -0.39 is 22.2 Å². The third-order valence-electron chi connectivity index (χ3n) is 6.02. The van der Waals surface area contributed by atoms with Crippen molar-refractivity contribution in [2.75, 3.05) is 5.32 Å². The lowest BCUT2D eigenvalue weighted by Gasteiger charge is -2.16. The van der Waals surface area contributed by atoms with Crippen molar-refractivity contribution < 1.29 is 18.5 Å². The van der Waals surface area contributed by atoms with Crippen LogP contribution < -0.4 is 5.32 Å². The van der Waals surface area contributed by atoms with E-state index >= 15 is 0 Å². The molecule has 1 heterocycles. The minimum Gasteiger partial charge on any atom is -0.485 e. The Morgan fingerprint density at radius 2 is 2.03 bits per heavy atom. The predicted molar refractivity (Wildman–Crippen MR) is 112 cm³/mol. The second-order valence-corrected chi connectivity index (χ2v) is 9.70. The van der Waals surface area contributed by atoms with Gasteiger partial charge in [0, 0.05) is 11.3 Å². The number of aliphatic hydroxyl groups is 1. The van der Waals surface area contributed by atoms with Crippen molar-refractivity contribution in [1.29, 1.82) is 0 Å². The Morgan fingerprint density at radius 1 is 1.28 bits per heavy atom. The number of rotatable bonds is 3. The molecule has 7 heteroatoms. The number of aryl methyl sites for hydroxylation is 2. The summed E-state index contributed by atoms with van der Waals surface area (Å²) in [5.41, 5.74) is 5.31. The number of anilines is 1. The molecule has 0 fully saturated rings. The molecule has 6 nitrogen and oxygen atoms in total. The van der Waals surface area contributed by atoms with Crippen molar-refractivity contribution in [3.05, 3.63) is 45.7 Å². The Kier molecular flexibility index (Phi) is 5.07. The van der Waals surface area contributed by atoms with Crippen LogP contribution in [0.15, 0.2) is 26.0 Å². The van der Waals surface area contributed by atoms with Gasteiger partial charge in [0.1, 0.15) is 5.76 Å². The van der Waals surface area contributed by atoms with Gasteiger partial charge in [-0.15, -0.1) is 10.6 Å². The zero-order chi connectivity index (χ0) is 20.9. The molecule has 156 valence electrons. The fraction of sp³-hybridized carbons (Fsp3) is 0.500. The van der Waals surface area contributed by atoms with Gasteiger partial charge < -0.3 is 23.4 Å². The molecule has 29 heavy (non-hydrogen) atoms. The highest BCUT2D eigenvalue weighted by Crippen LogP contribution is 2.43. The molecule has 0 spiro atoms. The second-order valence-electron chi connectivity index (χ2n) is 8.62. The first kappa shape index (κ1) is 20.2. The summed E-state index contributed by atoms with van der Waals surface area (Å²) < 4.78 is 21.8. The maximum Gasteiger partial charge on any atom is 0.322 e. The number of hydrogen-bond acceptors (Lipinski definition) is 5. The monoisotopic (exact) mass is 415 g/mol. The summed E-state index contributed by atoms with van der Waals surface area (Å²) in [4.78, 5) is 12.6. The zero-order valence-electron chi connectivity index (χ0n) is 17.3. The summed E-state index contributed by atoms with van der Waals surface area (Å²) in [5.74, 6) is 0.952. The van der Waals surface area contributed by atoms with Crippen molar-refractivity contribution in [1.82, 2.24) is 0 Å².